The van der Waals surface area contributed by atoms with Crippen LogP contribution in [-0.4, -0.2) is 23.7 Å². The zero-order valence-corrected chi connectivity index (χ0v) is 12.7. The Morgan fingerprint density at radius 3 is 2.95 bits per heavy atom. The summed E-state index contributed by atoms with van der Waals surface area (Å²) in [6, 6.07) is 9.32. The van der Waals surface area contributed by atoms with Crippen LogP contribution in [0, 0.1) is 5.41 Å². The van der Waals surface area contributed by atoms with E-state index in [1.54, 1.807) is 0 Å². The van der Waals surface area contributed by atoms with E-state index in [1.807, 2.05) is 6.20 Å². The monoisotopic (exact) mass is 284 g/mol. The molecule has 2 unspecified atom stereocenters. The van der Waals surface area contributed by atoms with Gasteiger partial charge in [0.25, 0.3) is 0 Å². The van der Waals surface area contributed by atoms with Crippen molar-refractivity contribution in [3.63, 3.8) is 0 Å². The van der Waals surface area contributed by atoms with Crippen LogP contribution in [0.1, 0.15) is 39.0 Å². The van der Waals surface area contributed by atoms with Crippen LogP contribution in [0.15, 0.2) is 30.5 Å². The molecule has 112 valence electrons. The summed E-state index contributed by atoms with van der Waals surface area (Å²) in [6.45, 7) is 2.96. The van der Waals surface area contributed by atoms with E-state index < -0.39 is 0 Å². The van der Waals surface area contributed by atoms with Gasteiger partial charge in [-0.05, 0) is 50.5 Å². The molecule has 3 heteroatoms. The predicted molar refractivity (Wildman–Crippen MR) is 86.6 cm³/mol. The summed E-state index contributed by atoms with van der Waals surface area (Å²) in [5, 5.41) is 5.07. The molecule has 2 fully saturated rings. The molecule has 1 spiro atoms. The molecule has 1 aromatic carbocycles. The first kappa shape index (κ1) is 13.2. The highest BCUT2D eigenvalue weighted by molar-refractivity contribution is 5.83. The number of anilines is 1. The van der Waals surface area contributed by atoms with Gasteiger partial charge in [0.05, 0.1) is 6.10 Å². The van der Waals surface area contributed by atoms with Crippen molar-refractivity contribution in [1.29, 1.82) is 0 Å². The third-order valence-electron chi connectivity index (χ3n) is 5.58. The molecule has 0 amide bonds. The van der Waals surface area contributed by atoms with E-state index in [2.05, 4.69) is 41.5 Å². The van der Waals surface area contributed by atoms with Crippen molar-refractivity contribution in [2.45, 2.75) is 51.2 Å². The number of aromatic amines is 1. The van der Waals surface area contributed by atoms with Crippen molar-refractivity contribution in [3.05, 3.63) is 30.5 Å². The zero-order valence-electron chi connectivity index (χ0n) is 12.7. The summed E-state index contributed by atoms with van der Waals surface area (Å²) in [5.74, 6) is 0. The molecule has 0 saturated heterocycles. The summed E-state index contributed by atoms with van der Waals surface area (Å²) in [6.07, 6.45) is 8.99. The smallest absolute Gasteiger partial charge is 0.0670 e. The van der Waals surface area contributed by atoms with Gasteiger partial charge in [-0.15, -0.1) is 0 Å². The SMILES string of the molecule is CCOC1CC(Nc2ccc3[nH]ccc3c2)C12CCCC2. The van der Waals surface area contributed by atoms with Gasteiger partial charge >= 0.3 is 0 Å². The minimum absolute atomic E-state index is 0.392. The maximum absolute atomic E-state index is 6.00. The number of benzene rings is 1. The molecule has 1 heterocycles. The number of aromatic nitrogens is 1. The Hall–Kier alpha value is -1.48. The third-order valence-corrected chi connectivity index (χ3v) is 5.58. The summed E-state index contributed by atoms with van der Waals surface area (Å²) >= 11 is 0. The molecule has 2 atom stereocenters. The molecule has 3 nitrogen and oxygen atoms in total. The van der Waals surface area contributed by atoms with Gasteiger partial charge in [-0.1, -0.05) is 12.8 Å². The number of ether oxygens (including phenoxy) is 1. The molecule has 2 aliphatic carbocycles. The van der Waals surface area contributed by atoms with E-state index in [4.69, 9.17) is 4.74 Å². The first-order chi connectivity index (χ1) is 10.3. The van der Waals surface area contributed by atoms with Gasteiger partial charge in [0.15, 0.2) is 0 Å². The Morgan fingerprint density at radius 2 is 2.14 bits per heavy atom. The van der Waals surface area contributed by atoms with E-state index >= 15 is 0 Å². The Balaban J connectivity index is 1.53. The second kappa shape index (κ2) is 5.06. The molecule has 2 N–H and O–H groups in total. The Kier molecular flexibility index (Phi) is 3.18. The van der Waals surface area contributed by atoms with Gasteiger partial charge in [-0.2, -0.15) is 0 Å². The van der Waals surface area contributed by atoms with E-state index in [9.17, 15) is 0 Å². The fourth-order valence-electron chi connectivity index (χ4n) is 4.43. The number of nitrogens with one attached hydrogen (secondary N) is 2. The maximum Gasteiger partial charge on any atom is 0.0670 e. The second-order valence-electron chi connectivity index (χ2n) is 6.60. The standard InChI is InChI=1S/C18H24N2O/c1-2-21-17-12-16(18(17)8-3-4-9-18)20-14-5-6-15-13(11-14)7-10-19-15/h5-7,10-11,16-17,19-20H,2-4,8-9,12H2,1H3. The average molecular weight is 284 g/mol. The number of hydrogen-bond acceptors (Lipinski definition) is 2. The molecule has 1 aromatic heterocycles. The van der Waals surface area contributed by atoms with Crippen LogP contribution in [0.5, 0.6) is 0 Å². The maximum atomic E-state index is 6.00. The number of fused-ring (bicyclic) bond motifs is 1. The van der Waals surface area contributed by atoms with Gasteiger partial charge in [0.1, 0.15) is 0 Å². The van der Waals surface area contributed by atoms with Gasteiger partial charge in [-0.3, -0.25) is 0 Å². The summed E-state index contributed by atoms with van der Waals surface area (Å²) in [7, 11) is 0. The molecule has 0 bridgehead atoms. The van der Waals surface area contributed by atoms with Crippen LogP contribution in [0.4, 0.5) is 5.69 Å². The molecular formula is C18H24N2O. The Labute approximate surface area is 126 Å². The van der Waals surface area contributed by atoms with Gasteiger partial charge in [0, 0.05) is 40.9 Å². The molecule has 2 aliphatic rings. The van der Waals surface area contributed by atoms with E-state index in [0.29, 0.717) is 17.6 Å². The second-order valence-corrected chi connectivity index (χ2v) is 6.60. The highest BCUT2D eigenvalue weighted by Gasteiger charge is 2.56. The minimum Gasteiger partial charge on any atom is -0.382 e. The first-order valence-electron chi connectivity index (χ1n) is 8.27. The van der Waals surface area contributed by atoms with Crippen LogP contribution in [0.3, 0.4) is 0 Å². The highest BCUT2D eigenvalue weighted by atomic mass is 16.5. The zero-order chi connectivity index (χ0) is 14.3. The van der Waals surface area contributed by atoms with Crippen molar-refractivity contribution < 1.29 is 4.74 Å². The van der Waals surface area contributed by atoms with Crippen LogP contribution in [-0.2, 0) is 4.74 Å². The summed E-state index contributed by atoms with van der Waals surface area (Å²) in [5.41, 5.74) is 2.84. The number of H-pyrrole nitrogens is 1. The van der Waals surface area contributed by atoms with Gasteiger partial charge in [-0.25, -0.2) is 0 Å². The number of hydrogen-bond donors (Lipinski definition) is 2. The quantitative estimate of drug-likeness (QED) is 0.877. The highest BCUT2D eigenvalue weighted by Crippen LogP contribution is 2.55. The van der Waals surface area contributed by atoms with E-state index in [1.165, 1.54) is 42.3 Å². The fraction of sp³-hybridized carbons (Fsp3) is 0.556. The molecule has 0 radical (unpaired) electrons. The number of rotatable bonds is 4. The van der Waals surface area contributed by atoms with Crippen molar-refractivity contribution in [2.24, 2.45) is 5.41 Å². The molecule has 2 aromatic rings. The van der Waals surface area contributed by atoms with Crippen LogP contribution < -0.4 is 5.32 Å². The first-order valence-corrected chi connectivity index (χ1v) is 8.27. The molecule has 4 rings (SSSR count). The van der Waals surface area contributed by atoms with Crippen molar-refractivity contribution >= 4 is 16.6 Å². The molecule has 2 saturated carbocycles. The largest absolute Gasteiger partial charge is 0.382 e. The minimum atomic E-state index is 0.392. The van der Waals surface area contributed by atoms with E-state index in [-0.39, 0.29) is 0 Å². The topological polar surface area (TPSA) is 37.0 Å². The van der Waals surface area contributed by atoms with Crippen LogP contribution in [0.25, 0.3) is 10.9 Å². The molecule has 21 heavy (non-hydrogen) atoms. The normalized spacial score (nSPS) is 27.1. The molecule has 0 aliphatic heterocycles. The lowest BCUT2D eigenvalue weighted by Crippen LogP contribution is -2.60. The van der Waals surface area contributed by atoms with Crippen molar-refractivity contribution in [1.82, 2.24) is 4.98 Å². The third kappa shape index (κ3) is 2.06. The fourth-order valence-corrected chi connectivity index (χ4v) is 4.43. The van der Waals surface area contributed by atoms with E-state index in [0.717, 1.165) is 13.0 Å². The lowest BCUT2D eigenvalue weighted by molar-refractivity contribution is -0.114. The summed E-state index contributed by atoms with van der Waals surface area (Å²) in [4.78, 5) is 3.25. The molecular weight excluding hydrogens is 260 g/mol. The van der Waals surface area contributed by atoms with Crippen molar-refractivity contribution in [2.75, 3.05) is 11.9 Å². The van der Waals surface area contributed by atoms with Crippen LogP contribution >= 0.6 is 0 Å². The Bertz CT molecular complexity index is 627. The van der Waals surface area contributed by atoms with Crippen molar-refractivity contribution in [3.8, 4) is 0 Å². The lowest BCUT2D eigenvalue weighted by atomic mass is 9.60. The average Bonchev–Trinajstić information content (AvgIpc) is 3.16. The summed E-state index contributed by atoms with van der Waals surface area (Å²) < 4.78 is 6.00. The lowest BCUT2D eigenvalue weighted by Gasteiger charge is -2.54. The van der Waals surface area contributed by atoms with Gasteiger partial charge < -0.3 is 15.0 Å². The van der Waals surface area contributed by atoms with Crippen LogP contribution in [0.2, 0.25) is 0 Å². The predicted octanol–water partition coefficient (Wildman–Crippen LogP) is 4.32. The van der Waals surface area contributed by atoms with Gasteiger partial charge in [0.2, 0.25) is 0 Å². The Morgan fingerprint density at radius 1 is 1.29 bits per heavy atom.